The smallest absolute Gasteiger partial charge is 0.354 e. The Morgan fingerprint density at radius 2 is 2.38 bits per heavy atom. The topological polar surface area (TPSA) is 67.5 Å². The number of fused-ring (bicyclic) bond motifs is 3. The summed E-state index contributed by atoms with van der Waals surface area (Å²) in [5.74, 6) is -0.264. The number of hydrogen-bond donors (Lipinski definition) is 1. The zero-order valence-electron chi connectivity index (χ0n) is 8.01. The van der Waals surface area contributed by atoms with Crippen LogP contribution in [0.1, 0.15) is 10.5 Å². The number of halogens is 1. The summed E-state index contributed by atoms with van der Waals surface area (Å²) in [4.78, 5) is 19.2. The van der Waals surface area contributed by atoms with Crippen molar-refractivity contribution in [2.45, 2.75) is 6.54 Å². The molecule has 0 aromatic carbocycles. The zero-order chi connectivity index (χ0) is 11.3. The number of carboxylic acids is 1. The van der Waals surface area contributed by atoms with E-state index in [1.807, 2.05) is 10.8 Å². The SMILES string of the molecule is O=C(O)c1cc2c3n(ccc-2n1)CC(Br)=N3. The van der Waals surface area contributed by atoms with E-state index in [4.69, 9.17) is 5.11 Å². The van der Waals surface area contributed by atoms with Gasteiger partial charge in [-0.2, -0.15) is 0 Å². The van der Waals surface area contributed by atoms with Crippen LogP contribution in [0.2, 0.25) is 0 Å². The second-order valence-electron chi connectivity index (χ2n) is 3.50. The van der Waals surface area contributed by atoms with E-state index in [1.165, 1.54) is 0 Å². The summed E-state index contributed by atoms with van der Waals surface area (Å²) in [6, 6.07) is 3.35. The first-order valence-corrected chi connectivity index (χ1v) is 5.41. The predicted molar refractivity (Wildman–Crippen MR) is 61.8 cm³/mol. The molecular formula is C10H6BrN3O2. The maximum absolute atomic E-state index is 10.8. The van der Waals surface area contributed by atoms with Gasteiger partial charge in [-0.25, -0.2) is 14.8 Å². The summed E-state index contributed by atoms with van der Waals surface area (Å²) < 4.78 is 2.78. The van der Waals surface area contributed by atoms with Gasteiger partial charge in [0.2, 0.25) is 0 Å². The lowest BCUT2D eigenvalue weighted by Gasteiger charge is -2.05. The molecule has 3 rings (SSSR count). The quantitative estimate of drug-likeness (QED) is 0.870. The number of aliphatic imine (C=N–C) groups is 1. The highest BCUT2D eigenvalue weighted by atomic mass is 79.9. The van der Waals surface area contributed by atoms with Gasteiger partial charge in [0.25, 0.3) is 0 Å². The second kappa shape index (κ2) is 3.15. The predicted octanol–water partition coefficient (Wildman–Crippen LogP) is 2.12. The molecule has 0 amide bonds. The Bertz CT molecular complexity index is 602. The highest BCUT2D eigenvalue weighted by molar-refractivity contribution is 9.18. The molecule has 3 heterocycles. The van der Waals surface area contributed by atoms with Crippen LogP contribution in [0.3, 0.4) is 0 Å². The van der Waals surface area contributed by atoms with Crippen LogP contribution < -0.4 is 0 Å². The molecule has 80 valence electrons. The van der Waals surface area contributed by atoms with Crippen molar-refractivity contribution in [1.82, 2.24) is 9.55 Å². The van der Waals surface area contributed by atoms with Crippen LogP contribution in [0.5, 0.6) is 0 Å². The van der Waals surface area contributed by atoms with E-state index in [-0.39, 0.29) is 5.69 Å². The Hall–Kier alpha value is -1.69. The lowest BCUT2D eigenvalue weighted by atomic mass is 10.2. The van der Waals surface area contributed by atoms with Crippen LogP contribution in [0.25, 0.3) is 11.3 Å². The summed E-state index contributed by atoms with van der Waals surface area (Å²) in [6.45, 7) is 0.679. The Kier molecular flexibility index (Phi) is 1.88. The molecule has 0 radical (unpaired) electrons. The molecule has 5 nitrogen and oxygen atoms in total. The van der Waals surface area contributed by atoms with Gasteiger partial charge >= 0.3 is 5.97 Å². The van der Waals surface area contributed by atoms with E-state index >= 15 is 0 Å². The third-order valence-corrected chi connectivity index (χ3v) is 2.90. The first-order valence-electron chi connectivity index (χ1n) is 4.61. The summed E-state index contributed by atoms with van der Waals surface area (Å²) in [5.41, 5.74) is 1.49. The fourth-order valence-electron chi connectivity index (χ4n) is 1.78. The van der Waals surface area contributed by atoms with Crippen molar-refractivity contribution in [2.75, 3.05) is 0 Å². The van der Waals surface area contributed by atoms with Gasteiger partial charge in [0.1, 0.15) is 16.1 Å². The van der Waals surface area contributed by atoms with Crippen molar-refractivity contribution in [3.05, 3.63) is 24.0 Å². The summed E-state index contributed by atoms with van der Waals surface area (Å²) in [6.07, 6.45) is 1.86. The average molecular weight is 280 g/mol. The maximum Gasteiger partial charge on any atom is 0.354 e. The molecule has 16 heavy (non-hydrogen) atoms. The molecule has 0 bridgehead atoms. The minimum Gasteiger partial charge on any atom is -0.477 e. The molecule has 0 atom stereocenters. The van der Waals surface area contributed by atoms with Gasteiger partial charge in [-0.05, 0) is 28.1 Å². The fourth-order valence-corrected chi connectivity index (χ4v) is 2.22. The minimum atomic E-state index is -1.02. The molecule has 0 saturated heterocycles. The molecule has 0 saturated carbocycles. The van der Waals surface area contributed by atoms with Gasteiger partial charge in [0.05, 0.1) is 12.2 Å². The molecule has 0 unspecified atom stereocenters. The van der Waals surface area contributed by atoms with Gasteiger partial charge in [-0.1, -0.05) is 0 Å². The molecular weight excluding hydrogens is 274 g/mol. The number of hydrogen-bond acceptors (Lipinski definition) is 3. The maximum atomic E-state index is 10.8. The van der Waals surface area contributed by atoms with E-state index in [0.29, 0.717) is 12.2 Å². The van der Waals surface area contributed by atoms with Gasteiger partial charge < -0.3 is 9.67 Å². The third-order valence-electron chi connectivity index (χ3n) is 2.47. The number of nitrogens with zero attached hydrogens (tertiary/aromatic N) is 3. The van der Waals surface area contributed by atoms with Crippen LogP contribution >= 0.6 is 15.9 Å². The number of aromatic carboxylic acids is 1. The van der Waals surface area contributed by atoms with Crippen LogP contribution in [-0.2, 0) is 6.54 Å². The second-order valence-corrected chi connectivity index (χ2v) is 4.42. The Balaban J connectivity index is 2.28. The molecule has 6 heteroatoms. The number of rotatable bonds is 1. The van der Waals surface area contributed by atoms with Crippen LogP contribution in [-0.4, -0.2) is 25.2 Å². The molecule has 0 fully saturated rings. The van der Waals surface area contributed by atoms with E-state index in [0.717, 1.165) is 16.0 Å². The summed E-state index contributed by atoms with van der Waals surface area (Å²) >= 11 is 3.33. The Labute approximate surface area is 98.9 Å². The normalized spacial score (nSPS) is 13.9. The van der Waals surface area contributed by atoms with Crippen molar-refractivity contribution >= 4 is 32.3 Å². The van der Waals surface area contributed by atoms with Gasteiger partial charge in [0.15, 0.2) is 0 Å². The van der Waals surface area contributed by atoms with E-state index < -0.39 is 5.97 Å². The van der Waals surface area contributed by atoms with Crippen LogP contribution in [0.15, 0.2) is 23.3 Å². The largest absolute Gasteiger partial charge is 0.477 e. The fraction of sp³-hybridized carbons (Fsp3) is 0.100. The van der Waals surface area contributed by atoms with Gasteiger partial charge in [-0.3, -0.25) is 0 Å². The van der Waals surface area contributed by atoms with Crippen molar-refractivity contribution in [2.24, 2.45) is 4.99 Å². The monoisotopic (exact) mass is 279 g/mol. The van der Waals surface area contributed by atoms with Gasteiger partial charge in [-0.15, -0.1) is 0 Å². The lowest BCUT2D eigenvalue weighted by molar-refractivity contribution is 0.0691. The Morgan fingerprint density at radius 1 is 1.56 bits per heavy atom. The highest BCUT2D eigenvalue weighted by Gasteiger charge is 2.21. The zero-order valence-corrected chi connectivity index (χ0v) is 9.60. The van der Waals surface area contributed by atoms with Crippen molar-refractivity contribution < 1.29 is 9.90 Å². The molecule has 0 spiro atoms. The number of pyridine rings is 1. The van der Waals surface area contributed by atoms with Crippen molar-refractivity contribution in [3.63, 3.8) is 0 Å². The van der Waals surface area contributed by atoms with E-state index in [1.54, 1.807) is 12.1 Å². The minimum absolute atomic E-state index is 0.0576. The van der Waals surface area contributed by atoms with Crippen LogP contribution in [0, 0.1) is 0 Å². The first-order chi connectivity index (χ1) is 7.65. The lowest BCUT2D eigenvalue weighted by Crippen LogP contribution is -1.97. The molecule has 0 aliphatic carbocycles. The Morgan fingerprint density at radius 3 is 3.12 bits per heavy atom. The van der Waals surface area contributed by atoms with E-state index in [2.05, 4.69) is 25.9 Å². The molecule has 3 aliphatic rings. The molecule has 0 aromatic heterocycles. The number of carboxylic acid groups (broad SMARTS) is 1. The summed E-state index contributed by atoms with van der Waals surface area (Å²) in [7, 11) is 0. The standard InChI is InChI=1S/C10H6BrN3O2/c11-8-4-14-2-1-6-5(9(14)13-8)3-7(12-6)10(15)16/h1-3H,4H2,(H,15,16). The molecule has 0 aromatic rings. The average Bonchev–Trinajstić information content (AvgIpc) is 2.77. The number of aromatic nitrogens is 2. The molecule has 3 aliphatic heterocycles. The molecule has 1 N–H and O–H groups in total. The summed E-state index contributed by atoms with van der Waals surface area (Å²) in [5, 5.41) is 8.87. The van der Waals surface area contributed by atoms with E-state index in [9.17, 15) is 4.79 Å². The third kappa shape index (κ3) is 1.26. The highest BCUT2D eigenvalue weighted by Crippen LogP contribution is 2.35. The van der Waals surface area contributed by atoms with Crippen molar-refractivity contribution in [1.29, 1.82) is 0 Å². The van der Waals surface area contributed by atoms with Crippen LogP contribution in [0.4, 0.5) is 5.82 Å². The number of carbonyl (C=O) groups is 1. The van der Waals surface area contributed by atoms with Crippen molar-refractivity contribution in [3.8, 4) is 11.3 Å². The first kappa shape index (κ1) is 9.53. The van der Waals surface area contributed by atoms with Gasteiger partial charge in [0, 0.05) is 11.8 Å².